The number of rotatable bonds is 3. The molecule has 1 N–H and O–H groups in total. The van der Waals surface area contributed by atoms with Gasteiger partial charge in [0.05, 0.1) is 7.11 Å². The highest BCUT2D eigenvalue weighted by atomic mass is 16.5. The third-order valence-electron chi connectivity index (χ3n) is 6.36. The molecule has 0 spiro atoms. The van der Waals surface area contributed by atoms with E-state index in [1.54, 1.807) is 7.11 Å². The summed E-state index contributed by atoms with van der Waals surface area (Å²) in [5, 5.41) is 3.45. The maximum Gasteiger partial charge on any atom is 0.251 e. The van der Waals surface area contributed by atoms with E-state index < -0.39 is 0 Å². The lowest BCUT2D eigenvalue weighted by Gasteiger charge is -2.65. The van der Waals surface area contributed by atoms with Gasteiger partial charge >= 0.3 is 0 Å². The summed E-state index contributed by atoms with van der Waals surface area (Å²) >= 11 is 0. The largest absolute Gasteiger partial charge is 0.497 e. The lowest BCUT2D eigenvalue weighted by atomic mass is 9.43. The molecule has 1 amide bonds. The number of ether oxygens (including phenoxy) is 1. The summed E-state index contributed by atoms with van der Waals surface area (Å²) < 4.78 is 5.18. The highest BCUT2D eigenvalue weighted by Crippen LogP contribution is 2.66. The first-order valence-corrected chi connectivity index (χ1v) is 8.79. The predicted molar refractivity (Wildman–Crippen MR) is 90.6 cm³/mol. The Bertz CT molecular complexity index is 618. The molecule has 0 aliphatic heterocycles. The summed E-state index contributed by atoms with van der Waals surface area (Å²) in [7, 11) is 1.64. The molecule has 4 bridgehead atoms. The van der Waals surface area contributed by atoms with Gasteiger partial charge in [0.2, 0.25) is 0 Å². The van der Waals surface area contributed by atoms with Gasteiger partial charge in [-0.25, -0.2) is 0 Å². The predicted octanol–water partition coefficient (Wildman–Crippen LogP) is 4.17. The van der Waals surface area contributed by atoms with Gasteiger partial charge in [-0.1, -0.05) is 13.8 Å². The van der Waals surface area contributed by atoms with Gasteiger partial charge in [-0.2, -0.15) is 0 Å². The fourth-order valence-corrected chi connectivity index (χ4v) is 6.64. The van der Waals surface area contributed by atoms with Crippen molar-refractivity contribution < 1.29 is 9.53 Å². The Balaban J connectivity index is 1.57. The van der Waals surface area contributed by atoms with Crippen LogP contribution in [0.2, 0.25) is 0 Å². The SMILES string of the molecule is COc1ccc(C(=O)NC23CC4CC(C)(CC(C)(C4)C2)C3)cc1. The van der Waals surface area contributed by atoms with Crippen LogP contribution in [0.5, 0.6) is 5.75 Å². The van der Waals surface area contributed by atoms with Crippen LogP contribution in [-0.4, -0.2) is 18.6 Å². The second-order valence-electron chi connectivity index (χ2n) is 9.09. The summed E-state index contributed by atoms with van der Waals surface area (Å²) in [5.74, 6) is 1.65. The molecule has 3 heteroatoms. The molecule has 1 aromatic rings. The highest BCUT2D eigenvalue weighted by Gasteiger charge is 2.60. The fourth-order valence-electron chi connectivity index (χ4n) is 6.64. The van der Waals surface area contributed by atoms with Crippen molar-refractivity contribution >= 4 is 5.91 Å². The zero-order valence-corrected chi connectivity index (χ0v) is 14.4. The molecule has 0 saturated heterocycles. The molecule has 4 aliphatic carbocycles. The minimum absolute atomic E-state index is 0.0138. The minimum Gasteiger partial charge on any atom is -0.497 e. The molecule has 4 saturated carbocycles. The van der Waals surface area contributed by atoms with Gasteiger partial charge in [0, 0.05) is 11.1 Å². The van der Waals surface area contributed by atoms with Gasteiger partial charge in [0.25, 0.3) is 5.91 Å². The Kier molecular flexibility index (Phi) is 3.11. The quantitative estimate of drug-likeness (QED) is 0.909. The van der Waals surface area contributed by atoms with Crippen LogP contribution in [0.25, 0.3) is 0 Å². The van der Waals surface area contributed by atoms with Crippen molar-refractivity contribution in [1.82, 2.24) is 5.32 Å². The molecule has 4 aliphatic rings. The van der Waals surface area contributed by atoms with Crippen molar-refractivity contribution in [2.45, 2.75) is 57.9 Å². The van der Waals surface area contributed by atoms with Gasteiger partial charge in [-0.05, 0) is 79.5 Å². The van der Waals surface area contributed by atoms with E-state index in [4.69, 9.17) is 4.74 Å². The first kappa shape index (κ1) is 15.0. The number of methoxy groups -OCH3 is 1. The lowest BCUT2D eigenvalue weighted by Crippen LogP contribution is -2.65. The van der Waals surface area contributed by atoms with Crippen molar-refractivity contribution in [2.75, 3.05) is 7.11 Å². The summed E-state index contributed by atoms with van der Waals surface area (Å²) in [6.45, 7) is 4.87. The van der Waals surface area contributed by atoms with Crippen molar-refractivity contribution in [2.24, 2.45) is 16.7 Å². The second kappa shape index (κ2) is 4.75. The highest BCUT2D eigenvalue weighted by molar-refractivity contribution is 5.94. The van der Waals surface area contributed by atoms with E-state index in [9.17, 15) is 4.79 Å². The van der Waals surface area contributed by atoms with Crippen molar-refractivity contribution in [3.05, 3.63) is 29.8 Å². The van der Waals surface area contributed by atoms with Gasteiger partial charge in [0.1, 0.15) is 5.75 Å². The molecule has 3 nitrogen and oxygen atoms in total. The Morgan fingerprint density at radius 2 is 1.65 bits per heavy atom. The maximum absolute atomic E-state index is 12.8. The molecular weight excluding hydrogens is 286 g/mol. The van der Waals surface area contributed by atoms with E-state index in [1.165, 1.54) is 25.7 Å². The topological polar surface area (TPSA) is 38.3 Å². The zero-order valence-electron chi connectivity index (χ0n) is 14.4. The van der Waals surface area contributed by atoms with Crippen LogP contribution < -0.4 is 10.1 Å². The lowest BCUT2D eigenvalue weighted by molar-refractivity contribution is -0.114. The molecule has 0 aromatic heterocycles. The molecule has 23 heavy (non-hydrogen) atoms. The molecule has 0 heterocycles. The number of hydrogen-bond donors (Lipinski definition) is 1. The molecule has 2 unspecified atom stereocenters. The molecule has 2 atom stereocenters. The summed E-state index contributed by atoms with van der Waals surface area (Å²) in [6.07, 6.45) is 7.49. The maximum atomic E-state index is 12.8. The zero-order chi connectivity index (χ0) is 16.3. The fraction of sp³-hybridized carbons (Fsp3) is 0.650. The summed E-state index contributed by atoms with van der Waals surface area (Å²) in [5.41, 5.74) is 1.58. The third-order valence-corrected chi connectivity index (χ3v) is 6.36. The van der Waals surface area contributed by atoms with E-state index in [0.29, 0.717) is 10.8 Å². The molecule has 1 aromatic carbocycles. The Morgan fingerprint density at radius 1 is 1.04 bits per heavy atom. The Labute approximate surface area is 138 Å². The van der Waals surface area contributed by atoms with Gasteiger partial charge < -0.3 is 10.1 Å². The minimum atomic E-state index is 0.0138. The third kappa shape index (κ3) is 2.54. The van der Waals surface area contributed by atoms with Crippen LogP contribution in [0.1, 0.15) is 62.7 Å². The van der Waals surface area contributed by atoms with Gasteiger partial charge in [-0.15, -0.1) is 0 Å². The van der Waals surface area contributed by atoms with Crippen LogP contribution in [0.15, 0.2) is 24.3 Å². The van der Waals surface area contributed by atoms with Crippen molar-refractivity contribution in [3.63, 3.8) is 0 Å². The molecular formula is C20H27NO2. The van der Waals surface area contributed by atoms with E-state index in [-0.39, 0.29) is 11.4 Å². The average Bonchev–Trinajstić information content (AvgIpc) is 2.43. The average molecular weight is 313 g/mol. The van der Waals surface area contributed by atoms with Crippen LogP contribution >= 0.6 is 0 Å². The standard InChI is InChI=1S/C20H27NO2/c1-18-8-14-9-19(2,11-18)13-20(10-14,12-18)21-17(22)15-4-6-16(23-3)7-5-15/h4-7,14H,8-13H2,1-3H3,(H,21,22). The number of benzene rings is 1. The number of hydrogen-bond acceptors (Lipinski definition) is 2. The summed E-state index contributed by atoms with van der Waals surface area (Å²) in [4.78, 5) is 12.8. The molecule has 0 radical (unpaired) electrons. The molecule has 124 valence electrons. The number of carbonyl (C=O) groups excluding carboxylic acids is 1. The van der Waals surface area contributed by atoms with Crippen LogP contribution in [0.3, 0.4) is 0 Å². The summed E-state index contributed by atoms with van der Waals surface area (Å²) in [6, 6.07) is 7.44. The monoisotopic (exact) mass is 313 g/mol. The van der Waals surface area contributed by atoms with Crippen LogP contribution in [0, 0.1) is 16.7 Å². The Morgan fingerprint density at radius 3 is 2.17 bits per heavy atom. The first-order chi connectivity index (χ1) is 10.8. The van der Waals surface area contributed by atoms with Crippen molar-refractivity contribution in [3.8, 4) is 5.75 Å². The van der Waals surface area contributed by atoms with Gasteiger partial charge in [0.15, 0.2) is 0 Å². The van der Waals surface area contributed by atoms with Gasteiger partial charge in [-0.3, -0.25) is 4.79 Å². The number of nitrogens with one attached hydrogen (secondary N) is 1. The van der Waals surface area contributed by atoms with Crippen LogP contribution in [-0.2, 0) is 0 Å². The number of carbonyl (C=O) groups is 1. The molecule has 5 rings (SSSR count). The van der Waals surface area contributed by atoms with E-state index in [2.05, 4.69) is 19.2 Å². The van der Waals surface area contributed by atoms with Crippen LogP contribution in [0.4, 0.5) is 0 Å². The number of amides is 1. The second-order valence-corrected chi connectivity index (χ2v) is 9.09. The molecule has 4 fully saturated rings. The Hall–Kier alpha value is -1.51. The smallest absolute Gasteiger partial charge is 0.251 e. The van der Waals surface area contributed by atoms with E-state index in [0.717, 1.165) is 30.1 Å². The van der Waals surface area contributed by atoms with Crippen molar-refractivity contribution in [1.29, 1.82) is 0 Å². The normalized spacial score (nSPS) is 40.9. The first-order valence-electron chi connectivity index (χ1n) is 8.79. The van der Waals surface area contributed by atoms with E-state index in [1.807, 2.05) is 24.3 Å². The van der Waals surface area contributed by atoms with E-state index >= 15 is 0 Å².